The summed E-state index contributed by atoms with van der Waals surface area (Å²) in [4.78, 5) is 24.7. The zero-order valence-corrected chi connectivity index (χ0v) is 18.9. The molecule has 0 aliphatic heterocycles. The molecule has 0 radical (unpaired) electrons. The molecule has 0 aliphatic carbocycles. The number of aliphatic imine (C=N–C) groups is 1. The van der Waals surface area contributed by atoms with Gasteiger partial charge >= 0.3 is 0 Å². The molecule has 0 fully saturated rings. The number of carbonyl (C=O) groups excluding carboxylic acids is 1. The monoisotopic (exact) mass is 414 g/mol. The molecule has 1 heterocycles. The lowest BCUT2D eigenvalue weighted by Crippen LogP contribution is -2.27. The van der Waals surface area contributed by atoms with Crippen LogP contribution in [0.15, 0.2) is 29.4 Å². The molecule has 0 saturated heterocycles. The van der Waals surface area contributed by atoms with Crippen LogP contribution in [0.5, 0.6) is 5.75 Å². The second-order valence-electron chi connectivity index (χ2n) is 7.28. The minimum absolute atomic E-state index is 0.0361. The van der Waals surface area contributed by atoms with Crippen molar-refractivity contribution < 1.29 is 9.63 Å². The number of amides is 1. The molecule has 8 nitrogen and oxygen atoms in total. The Labute approximate surface area is 179 Å². The van der Waals surface area contributed by atoms with E-state index in [9.17, 15) is 4.79 Å². The molecule has 8 heteroatoms. The van der Waals surface area contributed by atoms with Gasteiger partial charge in [0.1, 0.15) is 17.3 Å². The third-order valence-electron chi connectivity index (χ3n) is 4.84. The van der Waals surface area contributed by atoms with Crippen molar-refractivity contribution in [2.45, 2.75) is 40.5 Å². The SMILES string of the molecule is CCCNOc1ccc(C)c(N=C(N)c2c(C)c(C(=O)N(C)CCC)cn2NC)c1. The summed E-state index contributed by atoms with van der Waals surface area (Å²) in [7, 11) is 3.58. The zero-order chi connectivity index (χ0) is 22.3. The first-order valence-corrected chi connectivity index (χ1v) is 10.3. The zero-order valence-electron chi connectivity index (χ0n) is 18.9. The van der Waals surface area contributed by atoms with Crippen molar-refractivity contribution in [3.63, 3.8) is 0 Å². The molecule has 2 aromatic rings. The van der Waals surface area contributed by atoms with Gasteiger partial charge in [-0.3, -0.25) is 9.47 Å². The van der Waals surface area contributed by atoms with Gasteiger partial charge in [-0.2, -0.15) is 5.48 Å². The van der Waals surface area contributed by atoms with E-state index in [1.807, 2.05) is 39.0 Å². The highest BCUT2D eigenvalue weighted by Crippen LogP contribution is 2.26. The predicted octanol–water partition coefficient (Wildman–Crippen LogP) is 3.09. The van der Waals surface area contributed by atoms with Gasteiger partial charge in [-0.15, -0.1) is 0 Å². The number of nitrogens with zero attached hydrogens (tertiary/aromatic N) is 3. The molecule has 1 aromatic carbocycles. The minimum atomic E-state index is -0.0361. The number of rotatable bonds is 10. The van der Waals surface area contributed by atoms with Crippen LogP contribution >= 0.6 is 0 Å². The fraction of sp³-hybridized carbons (Fsp3) is 0.455. The second-order valence-corrected chi connectivity index (χ2v) is 7.28. The summed E-state index contributed by atoms with van der Waals surface area (Å²) in [5, 5.41) is 0. The summed E-state index contributed by atoms with van der Waals surface area (Å²) in [6.07, 6.45) is 3.64. The lowest BCUT2D eigenvalue weighted by atomic mass is 10.1. The Kier molecular flexibility index (Phi) is 8.29. The largest absolute Gasteiger partial charge is 0.409 e. The Balaban J connectivity index is 2.40. The van der Waals surface area contributed by atoms with Crippen LogP contribution in [0.1, 0.15) is 53.9 Å². The molecule has 0 atom stereocenters. The van der Waals surface area contributed by atoms with E-state index in [0.29, 0.717) is 35.1 Å². The third kappa shape index (κ3) is 5.33. The number of amidine groups is 1. The molecule has 1 amide bonds. The van der Waals surface area contributed by atoms with Gasteiger partial charge in [0.15, 0.2) is 0 Å². The maximum absolute atomic E-state index is 12.8. The highest BCUT2D eigenvalue weighted by molar-refractivity contribution is 6.04. The highest BCUT2D eigenvalue weighted by Gasteiger charge is 2.22. The highest BCUT2D eigenvalue weighted by atomic mass is 16.6. The maximum atomic E-state index is 12.8. The second kappa shape index (κ2) is 10.7. The predicted molar refractivity (Wildman–Crippen MR) is 122 cm³/mol. The van der Waals surface area contributed by atoms with E-state index in [0.717, 1.165) is 30.5 Å². The summed E-state index contributed by atoms with van der Waals surface area (Å²) in [6, 6.07) is 5.66. The van der Waals surface area contributed by atoms with Gasteiger partial charge in [0.2, 0.25) is 0 Å². The van der Waals surface area contributed by atoms with Gasteiger partial charge < -0.3 is 20.9 Å². The molecule has 0 bridgehead atoms. The number of benzene rings is 1. The summed E-state index contributed by atoms with van der Waals surface area (Å²) in [5.74, 6) is 0.949. The number of aryl methyl sites for hydroxylation is 1. The first-order chi connectivity index (χ1) is 14.3. The molecule has 0 saturated carbocycles. The first kappa shape index (κ1) is 23.3. The first-order valence-electron chi connectivity index (χ1n) is 10.3. The molecular formula is C22H34N6O2. The van der Waals surface area contributed by atoms with Crippen molar-refractivity contribution in [2.24, 2.45) is 10.7 Å². The van der Waals surface area contributed by atoms with Gasteiger partial charge in [-0.25, -0.2) is 4.99 Å². The molecule has 4 N–H and O–H groups in total. The van der Waals surface area contributed by atoms with Crippen molar-refractivity contribution in [1.82, 2.24) is 15.1 Å². The number of aromatic nitrogens is 1. The summed E-state index contributed by atoms with van der Waals surface area (Å²) in [6.45, 7) is 9.42. The van der Waals surface area contributed by atoms with Crippen LogP contribution in [-0.2, 0) is 0 Å². The van der Waals surface area contributed by atoms with Crippen LogP contribution in [0.4, 0.5) is 5.69 Å². The van der Waals surface area contributed by atoms with Gasteiger partial charge in [0.05, 0.1) is 11.3 Å². The van der Waals surface area contributed by atoms with Gasteiger partial charge in [-0.05, 0) is 43.9 Å². The van der Waals surface area contributed by atoms with Crippen LogP contribution in [-0.4, -0.2) is 48.5 Å². The summed E-state index contributed by atoms with van der Waals surface area (Å²) < 4.78 is 1.74. The lowest BCUT2D eigenvalue weighted by Gasteiger charge is -2.15. The molecular weight excluding hydrogens is 380 g/mol. The summed E-state index contributed by atoms with van der Waals surface area (Å²) >= 11 is 0. The smallest absolute Gasteiger partial charge is 0.255 e. The number of nitrogens with one attached hydrogen (secondary N) is 2. The van der Waals surface area contributed by atoms with Gasteiger partial charge in [-0.1, -0.05) is 19.9 Å². The normalized spacial score (nSPS) is 11.5. The van der Waals surface area contributed by atoms with Crippen molar-refractivity contribution in [1.29, 1.82) is 0 Å². The number of hydrogen-bond donors (Lipinski definition) is 3. The number of hydroxylamine groups is 1. The Morgan fingerprint density at radius 1 is 1.27 bits per heavy atom. The van der Waals surface area contributed by atoms with Gasteiger partial charge in [0.25, 0.3) is 5.91 Å². The fourth-order valence-electron chi connectivity index (χ4n) is 3.14. The van der Waals surface area contributed by atoms with Gasteiger partial charge in [0, 0.05) is 39.4 Å². The fourth-order valence-corrected chi connectivity index (χ4v) is 3.14. The number of hydrogen-bond acceptors (Lipinski definition) is 5. The van der Waals surface area contributed by atoms with Crippen LogP contribution in [0.2, 0.25) is 0 Å². The molecule has 164 valence electrons. The van der Waals surface area contributed by atoms with E-state index in [1.54, 1.807) is 29.9 Å². The maximum Gasteiger partial charge on any atom is 0.255 e. The topological polar surface area (TPSA) is 96.9 Å². The van der Waals surface area contributed by atoms with Crippen LogP contribution in [0.3, 0.4) is 0 Å². The Morgan fingerprint density at radius 2 is 2.00 bits per heavy atom. The summed E-state index contributed by atoms with van der Waals surface area (Å²) in [5.41, 5.74) is 16.1. The van der Waals surface area contributed by atoms with E-state index >= 15 is 0 Å². The van der Waals surface area contributed by atoms with Crippen LogP contribution in [0.25, 0.3) is 0 Å². The van der Waals surface area contributed by atoms with Crippen molar-refractivity contribution in [2.75, 3.05) is 32.6 Å². The van der Waals surface area contributed by atoms with E-state index in [-0.39, 0.29) is 5.91 Å². The van der Waals surface area contributed by atoms with E-state index < -0.39 is 0 Å². The molecule has 2 rings (SSSR count). The van der Waals surface area contributed by atoms with Crippen molar-refractivity contribution in [3.05, 3.63) is 46.8 Å². The molecule has 0 unspecified atom stereocenters. The van der Waals surface area contributed by atoms with E-state index in [4.69, 9.17) is 10.6 Å². The van der Waals surface area contributed by atoms with E-state index in [1.165, 1.54) is 0 Å². The third-order valence-corrected chi connectivity index (χ3v) is 4.84. The minimum Gasteiger partial charge on any atom is -0.409 e. The quantitative estimate of drug-likeness (QED) is 0.240. The van der Waals surface area contributed by atoms with Crippen molar-refractivity contribution in [3.8, 4) is 5.75 Å². The van der Waals surface area contributed by atoms with Crippen LogP contribution in [0, 0.1) is 13.8 Å². The molecule has 30 heavy (non-hydrogen) atoms. The standard InChI is InChI=1S/C22H34N6O2/c1-7-11-25-30-17-10-9-15(3)19(13-17)26-21(23)20-16(4)18(14-28(20)24-5)22(29)27(6)12-8-2/h9-10,13-14,24-25H,7-8,11-12H2,1-6H3,(H2,23,26). The lowest BCUT2D eigenvalue weighted by molar-refractivity contribution is 0.0794. The molecule has 0 aliphatic rings. The van der Waals surface area contributed by atoms with E-state index in [2.05, 4.69) is 22.8 Å². The average Bonchev–Trinajstić information content (AvgIpc) is 3.06. The molecule has 0 spiro atoms. The average molecular weight is 415 g/mol. The van der Waals surface area contributed by atoms with Crippen molar-refractivity contribution >= 4 is 17.4 Å². The number of nitrogens with two attached hydrogens (primary N) is 1. The Bertz CT molecular complexity index is 903. The Hall–Kier alpha value is -3.00. The Morgan fingerprint density at radius 3 is 2.63 bits per heavy atom. The van der Waals surface area contributed by atoms with Crippen LogP contribution < -0.4 is 21.5 Å². The molecule has 1 aromatic heterocycles. The number of carbonyl (C=O) groups is 1.